The molecule has 3 unspecified atom stereocenters. The van der Waals surface area contributed by atoms with Crippen LogP contribution in [0.3, 0.4) is 0 Å². The summed E-state index contributed by atoms with van der Waals surface area (Å²) in [7, 11) is 0. The Kier molecular flexibility index (Phi) is 3.62. The van der Waals surface area contributed by atoms with Crippen molar-refractivity contribution in [1.29, 1.82) is 0 Å². The molecule has 5 rings (SSSR count). The van der Waals surface area contributed by atoms with Crippen LogP contribution in [0, 0.1) is 11.9 Å². The maximum Gasteiger partial charge on any atom is 0.283 e. The molecule has 0 aliphatic carbocycles. The minimum absolute atomic E-state index is 0.0273. The number of aliphatic imine (C=N–C) groups is 1. The maximum absolute atomic E-state index is 14.2. The summed E-state index contributed by atoms with van der Waals surface area (Å²) in [6.07, 6.45) is 2.13. The third-order valence-electron chi connectivity index (χ3n) is 5.79. The lowest BCUT2D eigenvalue weighted by atomic mass is 9.69. The Morgan fingerprint density at radius 2 is 2.19 bits per heavy atom. The van der Waals surface area contributed by atoms with Crippen LogP contribution < -0.4 is 10.5 Å². The molecule has 1 aromatic heterocycles. The summed E-state index contributed by atoms with van der Waals surface area (Å²) in [6, 6.07) is 9.22. The molecule has 27 heavy (non-hydrogen) atoms. The van der Waals surface area contributed by atoms with E-state index in [1.165, 1.54) is 6.20 Å². The van der Waals surface area contributed by atoms with Gasteiger partial charge in [-0.15, -0.1) is 0 Å². The maximum atomic E-state index is 14.2. The molecule has 3 aliphatic rings. The molecule has 0 radical (unpaired) electrons. The number of halogens is 1. The number of pyridine rings is 1. The zero-order chi connectivity index (χ0) is 18.6. The summed E-state index contributed by atoms with van der Waals surface area (Å²) in [5, 5.41) is 0. The van der Waals surface area contributed by atoms with E-state index in [-0.39, 0.29) is 24.1 Å². The van der Waals surface area contributed by atoms with Crippen molar-refractivity contribution in [1.82, 2.24) is 4.98 Å². The molecule has 4 heterocycles. The number of rotatable bonds is 1. The first kappa shape index (κ1) is 16.5. The highest BCUT2D eigenvalue weighted by atomic mass is 19.1. The molecular formula is C20H20FN3O3. The van der Waals surface area contributed by atoms with Gasteiger partial charge in [-0.2, -0.15) is 4.39 Å². The van der Waals surface area contributed by atoms with Gasteiger partial charge in [-0.3, -0.25) is 0 Å². The molecule has 0 amide bonds. The largest absolute Gasteiger partial charge is 0.489 e. The lowest BCUT2D eigenvalue weighted by Gasteiger charge is -2.48. The van der Waals surface area contributed by atoms with E-state index >= 15 is 0 Å². The summed E-state index contributed by atoms with van der Waals surface area (Å²) in [6.45, 7) is 3.00. The van der Waals surface area contributed by atoms with Gasteiger partial charge in [0, 0.05) is 23.7 Å². The van der Waals surface area contributed by atoms with Gasteiger partial charge >= 0.3 is 0 Å². The van der Waals surface area contributed by atoms with Gasteiger partial charge in [0.25, 0.3) is 6.02 Å². The number of ether oxygens (including phenoxy) is 3. The molecule has 3 aliphatic heterocycles. The molecule has 2 aromatic rings. The minimum atomic E-state index is -0.698. The molecular weight excluding hydrogens is 349 g/mol. The average Bonchev–Trinajstić information content (AvgIpc) is 3.04. The van der Waals surface area contributed by atoms with Crippen molar-refractivity contribution in [2.24, 2.45) is 16.6 Å². The van der Waals surface area contributed by atoms with Crippen molar-refractivity contribution in [3.8, 4) is 16.9 Å². The van der Waals surface area contributed by atoms with Crippen LogP contribution in [0.4, 0.5) is 4.39 Å². The van der Waals surface area contributed by atoms with Gasteiger partial charge in [0.1, 0.15) is 24.0 Å². The number of fused-ring (bicyclic) bond motifs is 4. The predicted molar refractivity (Wildman–Crippen MR) is 96.8 cm³/mol. The van der Waals surface area contributed by atoms with Gasteiger partial charge in [-0.1, -0.05) is 6.07 Å². The van der Waals surface area contributed by atoms with Crippen molar-refractivity contribution < 1.29 is 18.6 Å². The van der Waals surface area contributed by atoms with Crippen molar-refractivity contribution in [3.63, 3.8) is 0 Å². The van der Waals surface area contributed by atoms with Crippen molar-refractivity contribution in [2.75, 3.05) is 13.2 Å². The number of benzene rings is 1. The lowest BCUT2D eigenvalue weighted by molar-refractivity contribution is -0.116. The van der Waals surface area contributed by atoms with Crippen molar-refractivity contribution in [3.05, 3.63) is 48.0 Å². The van der Waals surface area contributed by atoms with Crippen LogP contribution in [0.1, 0.15) is 18.9 Å². The lowest BCUT2D eigenvalue weighted by Crippen LogP contribution is -2.56. The summed E-state index contributed by atoms with van der Waals surface area (Å²) < 4.78 is 32.0. The molecule has 2 N–H and O–H groups in total. The van der Waals surface area contributed by atoms with Gasteiger partial charge in [0.05, 0.1) is 18.6 Å². The standard InChI is InChI=1S/C20H20FN3O3/c1-11-17-16(6-8-25-11)27-15-5-4-12(13-3-2-7-23-18(13)21)9-14(15)20(17)10-26-19(22)24-20/h2-5,7,9,11,16-17H,6,8,10H2,1H3,(H2,22,24)/t11?,16?,17?,20-/m0/s1. The number of hydrogen-bond acceptors (Lipinski definition) is 6. The second-order valence-electron chi connectivity index (χ2n) is 7.26. The molecule has 1 fully saturated rings. The van der Waals surface area contributed by atoms with E-state index in [2.05, 4.69) is 4.98 Å². The van der Waals surface area contributed by atoms with Gasteiger partial charge in [-0.05, 0) is 36.8 Å². The minimum Gasteiger partial charge on any atom is -0.489 e. The van der Waals surface area contributed by atoms with Gasteiger partial charge in [0.15, 0.2) is 0 Å². The Hall–Kier alpha value is -2.67. The first-order valence-electron chi connectivity index (χ1n) is 9.10. The average molecular weight is 369 g/mol. The smallest absolute Gasteiger partial charge is 0.283 e. The van der Waals surface area contributed by atoms with E-state index in [9.17, 15) is 4.39 Å². The van der Waals surface area contributed by atoms with Crippen LogP contribution in [0.25, 0.3) is 11.1 Å². The zero-order valence-corrected chi connectivity index (χ0v) is 14.9. The Morgan fingerprint density at radius 3 is 2.96 bits per heavy atom. The summed E-state index contributed by atoms with van der Waals surface area (Å²) in [4.78, 5) is 8.47. The summed E-state index contributed by atoms with van der Waals surface area (Å²) in [5.74, 6) is 0.190. The SMILES string of the molecule is CC1OCCC2Oc3ccc(-c4cccnc4F)cc3[C@@]3(COC(N)=N3)C12. The normalized spacial score (nSPS) is 31.5. The molecule has 0 bridgehead atoms. The second-order valence-corrected chi connectivity index (χ2v) is 7.26. The summed E-state index contributed by atoms with van der Waals surface area (Å²) >= 11 is 0. The second kappa shape index (κ2) is 5.92. The molecule has 1 spiro atoms. The number of hydrogen-bond donors (Lipinski definition) is 1. The van der Waals surface area contributed by atoms with Crippen molar-refractivity contribution in [2.45, 2.75) is 31.1 Å². The Bertz CT molecular complexity index is 934. The Morgan fingerprint density at radius 1 is 1.30 bits per heavy atom. The van der Waals surface area contributed by atoms with E-state index in [1.807, 2.05) is 25.1 Å². The van der Waals surface area contributed by atoms with Crippen LogP contribution in [0.2, 0.25) is 0 Å². The number of amidine groups is 1. The molecule has 7 heteroatoms. The highest BCUT2D eigenvalue weighted by molar-refractivity contribution is 5.75. The van der Waals surface area contributed by atoms with Crippen LogP contribution in [-0.2, 0) is 15.0 Å². The van der Waals surface area contributed by atoms with Gasteiger partial charge < -0.3 is 19.9 Å². The molecule has 1 saturated heterocycles. The molecule has 6 nitrogen and oxygen atoms in total. The first-order chi connectivity index (χ1) is 13.1. The highest BCUT2D eigenvalue weighted by Crippen LogP contribution is 2.52. The molecule has 4 atom stereocenters. The van der Waals surface area contributed by atoms with Crippen LogP contribution in [0.5, 0.6) is 5.75 Å². The Balaban J connectivity index is 1.70. The van der Waals surface area contributed by atoms with Crippen molar-refractivity contribution >= 4 is 6.02 Å². The molecule has 0 saturated carbocycles. The molecule has 1 aromatic carbocycles. The van der Waals surface area contributed by atoms with E-state index in [0.29, 0.717) is 24.3 Å². The topological polar surface area (TPSA) is 79.0 Å². The van der Waals surface area contributed by atoms with Crippen LogP contribution >= 0.6 is 0 Å². The number of nitrogens with two attached hydrogens (primary N) is 1. The summed E-state index contributed by atoms with van der Waals surface area (Å²) in [5.41, 5.74) is 7.21. The fourth-order valence-corrected chi connectivity index (χ4v) is 4.62. The van der Waals surface area contributed by atoms with Gasteiger partial charge in [-0.25, -0.2) is 9.98 Å². The van der Waals surface area contributed by atoms with E-state index in [4.69, 9.17) is 24.9 Å². The Labute approximate surface area is 156 Å². The number of aromatic nitrogens is 1. The van der Waals surface area contributed by atoms with E-state index in [1.54, 1.807) is 12.1 Å². The van der Waals surface area contributed by atoms with E-state index < -0.39 is 11.5 Å². The van der Waals surface area contributed by atoms with Gasteiger partial charge in [0.2, 0.25) is 5.95 Å². The monoisotopic (exact) mass is 369 g/mol. The fraction of sp³-hybridized carbons (Fsp3) is 0.400. The third-order valence-corrected chi connectivity index (χ3v) is 5.79. The quantitative estimate of drug-likeness (QED) is 0.782. The number of nitrogens with zero attached hydrogens (tertiary/aromatic N) is 2. The van der Waals surface area contributed by atoms with Crippen LogP contribution in [-0.4, -0.2) is 36.4 Å². The highest BCUT2D eigenvalue weighted by Gasteiger charge is 2.57. The predicted octanol–water partition coefficient (Wildman–Crippen LogP) is 2.61. The first-order valence-corrected chi connectivity index (χ1v) is 9.10. The zero-order valence-electron chi connectivity index (χ0n) is 14.9. The fourth-order valence-electron chi connectivity index (χ4n) is 4.62. The third kappa shape index (κ3) is 2.41. The van der Waals surface area contributed by atoms with E-state index in [0.717, 1.165) is 17.7 Å². The van der Waals surface area contributed by atoms with Crippen LogP contribution in [0.15, 0.2) is 41.5 Å². The molecule has 140 valence electrons.